The molecule has 0 unspecified atom stereocenters. The average molecular weight is 411 g/mol. The second-order valence-electron chi connectivity index (χ2n) is 8.45. The molecule has 0 aliphatic carbocycles. The maximum absolute atomic E-state index is 12.6. The van der Waals surface area contributed by atoms with Gasteiger partial charge in [-0.15, -0.1) is 0 Å². The van der Waals surface area contributed by atoms with Gasteiger partial charge in [0.1, 0.15) is 5.75 Å². The molecule has 0 saturated heterocycles. The minimum absolute atomic E-state index is 0.0266. The molecular weight excluding hydrogens is 376 g/mol. The number of para-hydroxylation sites is 1. The Kier molecular flexibility index (Phi) is 8.46. The van der Waals surface area contributed by atoms with E-state index in [1.165, 1.54) is 0 Å². The van der Waals surface area contributed by atoms with E-state index in [0.717, 1.165) is 31.5 Å². The Morgan fingerprint density at radius 3 is 2.10 bits per heavy atom. The Balaban J connectivity index is 1.96. The first-order valence-corrected chi connectivity index (χ1v) is 10.7. The third kappa shape index (κ3) is 6.61. The van der Waals surface area contributed by atoms with Crippen molar-refractivity contribution in [3.8, 4) is 5.75 Å². The van der Waals surface area contributed by atoms with E-state index in [1.54, 1.807) is 24.3 Å². The van der Waals surface area contributed by atoms with Gasteiger partial charge in [0, 0.05) is 24.3 Å². The van der Waals surface area contributed by atoms with Crippen molar-refractivity contribution in [2.24, 2.45) is 0 Å². The number of nitrogens with one attached hydrogen (secondary N) is 1. The van der Waals surface area contributed by atoms with Crippen LogP contribution < -0.4 is 10.1 Å². The molecule has 5 heteroatoms. The number of carbonyl (C=O) groups is 2. The lowest BCUT2D eigenvalue weighted by Crippen LogP contribution is -2.32. The number of benzene rings is 2. The summed E-state index contributed by atoms with van der Waals surface area (Å²) in [6.45, 7) is 11.9. The quantitative estimate of drug-likeness (QED) is 0.613. The maximum atomic E-state index is 12.6. The molecule has 5 nitrogen and oxygen atoms in total. The van der Waals surface area contributed by atoms with Crippen LogP contribution in [0.5, 0.6) is 5.75 Å². The Morgan fingerprint density at radius 2 is 1.53 bits per heavy atom. The van der Waals surface area contributed by atoms with Gasteiger partial charge in [0.25, 0.3) is 11.8 Å². The summed E-state index contributed by atoms with van der Waals surface area (Å²) in [5, 5.41) is 2.83. The lowest BCUT2D eigenvalue weighted by molar-refractivity contribution is -0.118. The van der Waals surface area contributed by atoms with Gasteiger partial charge in [-0.1, -0.05) is 52.8 Å². The van der Waals surface area contributed by atoms with Crippen LogP contribution in [-0.2, 0) is 10.2 Å². The highest BCUT2D eigenvalue weighted by atomic mass is 16.5. The summed E-state index contributed by atoms with van der Waals surface area (Å²) in [6, 6.07) is 14.8. The van der Waals surface area contributed by atoms with Crippen LogP contribution in [0.1, 0.15) is 63.4 Å². The van der Waals surface area contributed by atoms with Gasteiger partial charge < -0.3 is 15.0 Å². The molecular formula is C25H34N2O3. The first kappa shape index (κ1) is 23.5. The molecule has 0 atom stereocenters. The van der Waals surface area contributed by atoms with E-state index in [4.69, 9.17) is 4.74 Å². The highest BCUT2D eigenvalue weighted by Crippen LogP contribution is 2.30. The third-order valence-corrected chi connectivity index (χ3v) is 4.74. The maximum Gasteiger partial charge on any atom is 0.262 e. The number of hydrogen-bond acceptors (Lipinski definition) is 3. The van der Waals surface area contributed by atoms with Crippen molar-refractivity contribution in [3.05, 3.63) is 59.7 Å². The van der Waals surface area contributed by atoms with Gasteiger partial charge >= 0.3 is 0 Å². The number of nitrogens with zero attached hydrogens (tertiary/aromatic N) is 1. The normalized spacial score (nSPS) is 11.1. The smallest absolute Gasteiger partial charge is 0.262 e. The first-order valence-electron chi connectivity index (χ1n) is 10.7. The van der Waals surface area contributed by atoms with Gasteiger partial charge in [-0.05, 0) is 54.2 Å². The van der Waals surface area contributed by atoms with Crippen molar-refractivity contribution in [3.63, 3.8) is 0 Å². The summed E-state index contributed by atoms with van der Waals surface area (Å²) < 4.78 is 5.77. The first-order chi connectivity index (χ1) is 14.3. The molecule has 2 rings (SSSR count). The second-order valence-corrected chi connectivity index (χ2v) is 8.45. The van der Waals surface area contributed by atoms with Gasteiger partial charge in [0.2, 0.25) is 0 Å². The van der Waals surface area contributed by atoms with E-state index in [2.05, 4.69) is 39.9 Å². The lowest BCUT2D eigenvalue weighted by atomic mass is 9.86. The van der Waals surface area contributed by atoms with Crippen molar-refractivity contribution < 1.29 is 14.3 Å². The van der Waals surface area contributed by atoms with Gasteiger partial charge in [-0.3, -0.25) is 9.59 Å². The van der Waals surface area contributed by atoms with Crippen LogP contribution in [0.3, 0.4) is 0 Å². The van der Waals surface area contributed by atoms with Crippen LogP contribution >= 0.6 is 0 Å². The molecule has 2 aromatic rings. The van der Waals surface area contributed by atoms with Crippen LogP contribution in [0.4, 0.5) is 5.69 Å². The number of hydrogen-bond donors (Lipinski definition) is 1. The minimum Gasteiger partial charge on any atom is -0.483 e. The van der Waals surface area contributed by atoms with Crippen molar-refractivity contribution in [1.82, 2.24) is 4.90 Å². The number of rotatable bonds is 9. The van der Waals surface area contributed by atoms with Crippen molar-refractivity contribution >= 4 is 17.5 Å². The number of amides is 2. The average Bonchev–Trinajstić information content (AvgIpc) is 2.72. The zero-order valence-corrected chi connectivity index (χ0v) is 18.8. The largest absolute Gasteiger partial charge is 0.483 e. The third-order valence-electron chi connectivity index (χ3n) is 4.74. The molecule has 0 aliphatic rings. The summed E-state index contributed by atoms with van der Waals surface area (Å²) in [5.74, 6) is 0.503. The van der Waals surface area contributed by atoms with Crippen LogP contribution in [0.25, 0.3) is 0 Å². The molecule has 0 aliphatic heterocycles. The number of ether oxygens (including phenoxy) is 1. The molecule has 2 amide bonds. The fourth-order valence-electron chi connectivity index (χ4n) is 3.29. The van der Waals surface area contributed by atoms with E-state index in [9.17, 15) is 9.59 Å². The van der Waals surface area contributed by atoms with Crippen LogP contribution in [-0.4, -0.2) is 36.4 Å². The van der Waals surface area contributed by atoms with E-state index >= 15 is 0 Å². The topological polar surface area (TPSA) is 58.6 Å². The van der Waals surface area contributed by atoms with Crippen LogP contribution in [0.2, 0.25) is 0 Å². The standard InChI is InChI=1S/C25H34N2O3/c1-6-16-27(17-7-2)24(29)19-12-14-20(15-13-19)26-23(28)18-30-22-11-9-8-10-21(22)25(3,4)5/h8-15H,6-7,16-18H2,1-5H3,(H,26,28). The Labute approximate surface area is 180 Å². The monoisotopic (exact) mass is 410 g/mol. The Bertz CT molecular complexity index is 832. The zero-order valence-electron chi connectivity index (χ0n) is 18.8. The molecule has 30 heavy (non-hydrogen) atoms. The van der Waals surface area contributed by atoms with E-state index < -0.39 is 0 Å². The Morgan fingerprint density at radius 1 is 0.933 bits per heavy atom. The zero-order chi connectivity index (χ0) is 22.1. The summed E-state index contributed by atoms with van der Waals surface area (Å²) in [4.78, 5) is 26.9. The fraction of sp³-hybridized carbons (Fsp3) is 0.440. The molecule has 0 fully saturated rings. The molecule has 0 spiro atoms. The van der Waals surface area contributed by atoms with Crippen molar-refractivity contribution in [1.29, 1.82) is 0 Å². The van der Waals surface area contributed by atoms with Crippen molar-refractivity contribution in [2.75, 3.05) is 25.0 Å². The highest BCUT2D eigenvalue weighted by molar-refractivity contribution is 5.96. The van der Waals surface area contributed by atoms with Crippen LogP contribution in [0.15, 0.2) is 48.5 Å². The van der Waals surface area contributed by atoms with Gasteiger partial charge in [0.15, 0.2) is 6.61 Å². The molecule has 1 N–H and O–H groups in total. The second kappa shape index (κ2) is 10.8. The molecule has 0 aromatic heterocycles. The molecule has 0 saturated carbocycles. The molecule has 2 aromatic carbocycles. The molecule has 0 bridgehead atoms. The van der Waals surface area contributed by atoms with Crippen molar-refractivity contribution in [2.45, 2.75) is 52.9 Å². The molecule has 0 radical (unpaired) electrons. The van der Waals surface area contributed by atoms with Gasteiger partial charge in [0.05, 0.1) is 0 Å². The summed E-state index contributed by atoms with van der Waals surface area (Å²) in [6.07, 6.45) is 1.86. The van der Waals surface area contributed by atoms with Gasteiger partial charge in [-0.2, -0.15) is 0 Å². The highest BCUT2D eigenvalue weighted by Gasteiger charge is 2.19. The number of carbonyl (C=O) groups excluding carboxylic acids is 2. The van der Waals surface area contributed by atoms with Gasteiger partial charge in [-0.25, -0.2) is 0 Å². The summed E-state index contributed by atoms with van der Waals surface area (Å²) in [5.41, 5.74) is 2.26. The number of anilines is 1. The van der Waals surface area contributed by atoms with E-state index in [1.807, 2.05) is 29.2 Å². The molecule has 0 heterocycles. The predicted molar refractivity (Wildman–Crippen MR) is 122 cm³/mol. The fourth-order valence-corrected chi connectivity index (χ4v) is 3.29. The van der Waals surface area contributed by atoms with Crippen LogP contribution in [0, 0.1) is 0 Å². The summed E-state index contributed by atoms with van der Waals surface area (Å²) >= 11 is 0. The molecule has 162 valence electrons. The minimum atomic E-state index is -0.239. The SMILES string of the molecule is CCCN(CCC)C(=O)c1ccc(NC(=O)COc2ccccc2C(C)(C)C)cc1. The Hall–Kier alpha value is -2.82. The van der Waals surface area contributed by atoms with E-state index in [0.29, 0.717) is 17.0 Å². The lowest BCUT2D eigenvalue weighted by Gasteiger charge is -2.22. The van der Waals surface area contributed by atoms with E-state index in [-0.39, 0.29) is 23.8 Å². The summed E-state index contributed by atoms with van der Waals surface area (Å²) in [7, 11) is 0. The predicted octanol–water partition coefficient (Wildman–Crippen LogP) is 5.26.